The van der Waals surface area contributed by atoms with E-state index in [2.05, 4.69) is 17.1 Å². The maximum absolute atomic E-state index is 13.1. The Labute approximate surface area is 168 Å². The largest absolute Gasteiger partial charge is 0.416 e. The van der Waals surface area contributed by atoms with Crippen LogP contribution < -0.4 is 10.2 Å². The molecule has 5 nitrogen and oxygen atoms in total. The van der Waals surface area contributed by atoms with Gasteiger partial charge in [-0.05, 0) is 42.3 Å². The van der Waals surface area contributed by atoms with E-state index in [1.807, 2.05) is 18.2 Å². The van der Waals surface area contributed by atoms with Crippen LogP contribution in [0.3, 0.4) is 0 Å². The number of benzene rings is 2. The second-order valence-corrected chi connectivity index (χ2v) is 9.45. The van der Waals surface area contributed by atoms with E-state index in [9.17, 15) is 21.6 Å². The molecule has 0 spiro atoms. The van der Waals surface area contributed by atoms with Crippen molar-refractivity contribution in [3.63, 3.8) is 0 Å². The van der Waals surface area contributed by atoms with E-state index in [1.165, 1.54) is 10.4 Å². The fraction of sp³-hybridized carbons (Fsp3) is 0.400. The van der Waals surface area contributed by atoms with Crippen LogP contribution in [-0.2, 0) is 29.3 Å². The van der Waals surface area contributed by atoms with Gasteiger partial charge in [-0.15, -0.1) is 0 Å². The first kappa shape index (κ1) is 20.2. The SMILES string of the molecule is C[C@H]1CN(c2cccc3c2CN(S(=O)(=O)c2cccc(C(F)(F)F)c2)C3)CCN1. The van der Waals surface area contributed by atoms with Crippen molar-refractivity contribution in [2.24, 2.45) is 0 Å². The number of fused-ring (bicyclic) bond motifs is 1. The third-order valence-corrected chi connectivity index (χ3v) is 7.23. The molecule has 0 aliphatic carbocycles. The van der Waals surface area contributed by atoms with E-state index in [1.54, 1.807) is 0 Å². The Balaban J connectivity index is 1.63. The molecule has 4 rings (SSSR count). The summed E-state index contributed by atoms with van der Waals surface area (Å²) in [5.41, 5.74) is 1.85. The van der Waals surface area contributed by atoms with Gasteiger partial charge in [0.2, 0.25) is 10.0 Å². The minimum atomic E-state index is -4.59. The van der Waals surface area contributed by atoms with Crippen LogP contribution in [0.2, 0.25) is 0 Å². The summed E-state index contributed by atoms with van der Waals surface area (Å²) in [6.07, 6.45) is -4.59. The number of alkyl halides is 3. The summed E-state index contributed by atoms with van der Waals surface area (Å²) >= 11 is 0. The molecule has 2 aromatic rings. The zero-order valence-corrected chi connectivity index (χ0v) is 16.7. The predicted molar refractivity (Wildman–Crippen MR) is 104 cm³/mol. The second kappa shape index (κ2) is 7.30. The van der Waals surface area contributed by atoms with Crippen LogP contribution in [0.1, 0.15) is 23.6 Å². The molecule has 1 fully saturated rings. The van der Waals surface area contributed by atoms with E-state index in [-0.39, 0.29) is 18.0 Å². The van der Waals surface area contributed by atoms with Crippen molar-refractivity contribution >= 4 is 15.7 Å². The van der Waals surface area contributed by atoms with Crippen LogP contribution in [0, 0.1) is 0 Å². The van der Waals surface area contributed by atoms with Crippen molar-refractivity contribution in [1.29, 1.82) is 0 Å². The molecule has 0 radical (unpaired) electrons. The Morgan fingerprint density at radius 3 is 2.59 bits per heavy atom. The molecule has 0 saturated carbocycles. The molecule has 0 amide bonds. The molecule has 1 atom stereocenters. The van der Waals surface area contributed by atoms with Crippen LogP contribution in [0.15, 0.2) is 47.4 Å². The van der Waals surface area contributed by atoms with Gasteiger partial charge in [0.15, 0.2) is 0 Å². The number of hydrogen-bond donors (Lipinski definition) is 1. The standard InChI is InChI=1S/C20H22F3N3O2S/c1-14-11-25(9-8-24-14)19-7-2-4-15-12-26(13-18(15)19)29(27,28)17-6-3-5-16(10-17)20(21,22)23/h2-7,10,14,24H,8-9,11-13H2,1H3/t14-/m0/s1. The summed E-state index contributed by atoms with van der Waals surface area (Å²) in [5.74, 6) is 0. The van der Waals surface area contributed by atoms with Gasteiger partial charge in [-0.3, -0.25) is 0 Å². The lowest BCUT2D eigenvalue weighted by Crippen LogP contribution is -2.49. The Hall–Kier alpha value is -2.10. The third kappa shape index (κ3) is 3.86. The number of halogens is 3. The van der Waals surface area contributed by atoms with E-state index in [0.29, 0.717) is 12.1 Å². The van der Waals surface area contributed by atoms with E-state index < -0.39 is 21.8 Å². The van der Waals surface area contributed by atoms with Crippen molar-refractivity contribution in [3.05, 3.63) is 59.2 Å². The molecule has 0 bridgehead atoms. The molecule has 2 aromatic carbocycles. The summed E-state index contributed by atoms with van der Waals surface area (Å²) in [4.78, 5) is 1.90. The predicted octanol–water partition coefficient (Wildman–Crippen LogP) is 3.21. The lowest BCUT2D eigenvalue weighted by atomic mass is 10.1. The number of hydrogen-bond acceptors (Lipinski definition) is 4. The zero-order valence-electron chi connectivity index (χ0n) is 15.9. The summed E-state index contributed by atoms with van der Waals surface area (Å²) in [7, 11) is -4.04. The fourth-order valence-electron chi connectivity index (χ4n) is 3.97. The Bertz CT molecular complexity index is 1020. The number of piperazine rings is 1. The smallest absolute Gasteiger partial charge is 0.368 e. The van der Waals surface area contributed by atoms with Gasteiger partial charge in [-0.25, -0.2) is 8.42 Å². The fourth-order valence-corrected chi connectivity index (χ4v) is 5.41. The molecule has 156 valence electrons. The molecule has 29 heavy (non-hydrogen) atoms. The van der Waals surface area contributed by atoms with Gasteiger partial charge in [-0.2, -0.15) is 17.5 Å². The monoisotopic (exact) mass is 425 g/mol. The first-order valence-electron chi connectivity index (χ1n) is 9.43. The lowest BCUT2D eigenvalue weighted by Gasteiger charge is -2.34. The molecule has 2 aliphatic rings. The number of rotatable bonds is 3. The Kier molecular flexibility index (Phi) is 5.08. The minimum absolute atomic E-state index is 0.155. The quantitative estimate of drug-likeness (QED) is 0.821. The number of sulfonamides is 1. The minimum Gasteiger partial charge on any atom is -0.368 e. The van der Waals surface area contributed by atoms with Crippen molar-refractivity contribution in [2.45, 2.75) is 37.1 Å². The normalized spacial score (nSPS) is 20.7. The highest BCUT2D eigenvalue weighted by molar-refractivity contribution is 7.89. The lowest BCUT2D eigenvalue weighted by molar-refractivity contribution is -0.137. The van der Waals surface area contributed by atoms with Crippen molar-refractivity contribution in [2.75, 3.05) is 24.5 Å². The molecule has 0 unspecified atom stereocenters. The van der Waals surface area contributed by atoms with Gasteiger partial charge in [0, 0.05) is 44.5 Å². The summed E-state index contributed by atoms with van der Waals surface area (Å²) < 4.78 is 66.4. The zero-order chi connectivity index (χ0) is 20.8. The summed E-state index contributed by atoms with van der Waals surface area (Å²) in [6.45, 7) is 4.89. The number of anilines is 1. The molecule has 1 saturated heterocycles. The van der Waals surface area contributed by atoms with Crippen LogP contribution in [0.5, 0.6) is 0 Å². The highest BCUT2D eigenvalue weighted by Crippen LogP contribution is 2.36. The average molecular weight is 425 g/mol. The second-order valence-electron chi connectivity index (χ2n) is 7.51. The van der Waals surface area contributed by atoms with E-state index >= 15 is 0 Å². The van der Waals surface area contributed by atoms with Crippen LogP contribution >= 0.6 is 0 Å². The van der Waals surface area contributed by atoms with Gasteiger partial charge in [0.1, 0.15) is 0 Å². The average Bonchev–Trinajstić information content (AvgIpc) is 3.12. The van der Waals surface area contributed by atoms with Crippen molar-refractivity contribution < 1.29 is 21.6 Å². The topological polar surface area (TPSA) is 52.7 Å². The van der Waals surface area contributed by atoms with Crippen LogP contribution in [0.25, 0.3) is 0 Å². The molecular weight excluding hydrogens is 403 g/mol. The van der Waals surface area contributed by atoms with Gasteiger partial charge in [-0.1, -0.05) is 18.2 Å². The van der Waals surface area contributed by atoms with E-state index in [0.717, 1.165) is 48.6 Å². The number of nitrogens with one attached hydrogen (secondary N) is 1. The van der Waals surface area contributed by atoms with Crippen LogP contribution in [0.4, 0.5) is 18.9 Å². The maximum Gasteiger partial charge on any atom is 0.416 e. The maximum atomic E-state index is 13.1. The van der Waals surface area contributed by atoms with Crippen LogP contribution in [-0.4, -0.2) is 38.4 Å². The molecule has 9 heteroatoms. The van der Waals surface area contributed by atoms with E-state index in [4.69, 9.17) is 0 Å². The Morgan fingerprint density at radius 1 is 1.10 bits per heavy atom. The first-order chi connectivity index (χ1) is 13.7. The van der Waals surface area contributed by atoms with Crippen molar-refractivity contribution in [1.82, 2.24) is 9.62 Å². The highest BCUT2D eigenvalue weighted by atomic mass is 32.2. The van der Waals surface area contributed by atoms with Gasteiger partial charge < -0.3 is 10.2 Å². The van der Waals surface area contributed by atoms with Gasteiger partial charge in [0.05, 0.1) is 10.5 Å². The highest BCUT2D eigenvalue weighted by Gasteiger charge is 2.36. The van der Waals surface area contributed by atoms with Gasteiger partial charge >= 0.3 is 6.18 Å². The van der Waals surface area contributed by atoms with Gasteiger partial charge in [0.25, 0.3) is 0 Å². The third-order valence-electron chi connectivity index (χ3n) is 5.44. The first-order valence-corrected chi connectivity index (χ1v) is 10.9. The molecular formula is C20H22F3N3O2S. The molecule has 1 N–H and O–H groups in total. The molecule has 0 aromatic heterocycles. The molecule has 2 heterocycles. The summed E-state index contributed by atoms with van der Waals surface area (Å²) in [5, 5.41) is 3.38. The summed E-state index contributed by atoms with van der Waals surface area (Å²) in [6, 6.07) is 10.0. The molecule has 2 aliphatic heterocycles. The number of nitrogens with zero attached hydrogens (tertiary/aromatic N) is 2. The Morgan fingerprint density at radius 2 is 1.86 bits per heavy atom. The van der Waals surface area contributed by atoms with Crippen molar-refractivity contribution in [3.8, 4) is 0 Å².